The lowest BCUT2D eigenvalue weighted by atomic mass is 10.1. The summed E-state index contributed by atoms with van der Waals surface area (Å²) in [5, 5.41) is 0. The van der Waals surface area contributed by atoms with E-state index in [1.807, 2.05) is 30.3 Å². The van der Waals surface area contributed by atoms with Crippen LogP contribution in [0.25, 0.3) is 11.3 Å². The fraction of sp³-hybridized carbons (Fsp3) is 0.0769. The van der Waals surface area contributed by atoms with Gasteiger partial charge >= 0.3 is 5.69 Å². The maximum absolute atomic E-state index is 11.7. The lowest BCUT2D eigenvalue weighted by Crippen LogP contribution is -2.30. The largest absolute Gasteiger partial charge is 0.329 e. The van der Waals surface area contributed by atoms with Crippen molar-refractivity contribution in [3.8, 4) is 11.3 Å². The predicted molar refractivity (Wildman–Crippen MR) is 67.0 cm³/mol. The monoisotopic (exact) mass is 228 g/mol. The Bertz CT molecular complexity index is 638. The summed E-state index contributed by atoms with van der Waals surface area (Å²) in [6, 6.07) is 10.7. The van der Waals surface area contributed by atoms with Gasteiger partial charge in [0.05, 0.1) is 5.69 Å². The quantitative estimate of drug-likeness (QED) is 0.807. The van der Waals surface area contributed by atoms with E-state index in [0.717, 1.165) is 5.56 Å². The van der Waals surface area contributed by atoms with Gasteiger partial charge in [0.15, 0.2) is 0 Å². The number of allylic oxidation sites excluding steroid dienone is 1. The second kappa shape index (κ2) is 4.65. The molecule has 0 saturated carbocycles. The van der Waals surface area contributed by atoms with Gasteiger partial charge in [0.2, 0.25) is 0 Å². The second-order valence-electron chi connectivity index (χ2n) is 3.59. The molecule has 0 aliphatic carbocycles. The lowest BCUT2D eigenvalue weighted by molar-refractivity contribution is 0.746. The van der Waals surface area contributed by atoms with E-state index in [-0.39, 0.29) is 0 Å². The minimum absolute atomic E-state index is 0.361. The molecular formula is C13H12N2O2. The minimum Gasteiger partial charge on any atom is -0.290 e. The van der Waals surface area contributed by atoms with Crippen molar-refractivity contribution in [1.82, 2.24) is 9.55 Å². The van der Waals surface area contributed by atoms with Crippen molar-refractivity contribution in [2.75, 3.05) is 0 Å². The summed E-state index contributed by atoms with van der Waals surface area (Å²) >= 11 is 0. The smallest absolute Gasteiger partial charge is 0.290 e. The molecule has 0 aliphatic heterocycles. The molecule has 2 aromatic rings. The maximum Gasteiger partial charge on any atom is 0.329 e. The Morgan fingerprint density at radius 2 is 1.94 bits per heavy atom. The number of nitrogens with zero attached hydrogens (tertiary/aromatic N) is 1. The first-order valence-corrected chi connectivity index (χ1v) is 5.23. The molecule has 0 saturated heterocycles. The van der Waals surface area contributed by atoms with E-state index in [1.54, 1.807) is 6.08 Å². The number of aromatic nitrogens is 2. The zero-order valence-electron chi connectivity index (χ0n) is 9.22. The number of nitrogens with one attached hydrogen (secondary N) is 1. The summed E-state index contributed by atoms with van der Waals surface area (Å²) < 4.78 is 1.48. The summed E-state index contributed by atoms with van der Waals surface area (Å²) in [6.07, 6.45) is 1.62. The molecule has 1 heterocycles. The van der Waals surface area contributed by atoms with Gasteiger partial charge in [-0.15, -0.1) is 6.58 Å². The van der Waals surface area contributed by atoms with E-state index in [4.69, 9.17) is 0 Å². The van der Waals surface area contributed by atoms with Crippen molar-refractivity contribution in [2.45, 2.75) is 6.54 Å². The van der Waals surface area contributed by atoms with Crippen LogP contribution < -0.4 is 11.2 Å². The van der Waals surface area contributed by atoms with Crippen LogP contribution in [0.15, 0.2) is 58.6 Å². The lowest BCUT2D eigenvalue weighted by Gasteiger charge is -2.09. The van der Waals surface area contributed by atoms with Crippen LogP contribution in [0, 0.1) is 0 Å². The normalized spacial score (nSPS) is 10.1. The number of hydrogen-bond acceptors (Lipinski definition) is 2. The second-order valence-corrected chi connectivity index (χ2v) is 3.59. The molecule has 86 valence electrons. The van der Waals surface area contributed by atoms with Gasteiger partial charge in [0.25, 0.3) is 5.56 Å². The van der Waals surface area contributed by atoms with Crippen LogP contribution in [0.1, 0.15) is 0 Å². The Morgan fingerprint density at radius 3 is 2.59 bits per heavy atom. The van der Waals surface area contributed by atoms with E-state index < -0.39 is 11.2 Å². The maximum atomic E-state index is 11.7. The molecule has 1 aromatic heterocycles. The van der Waals surface area contributed by atoms with Gasteiger partial charge in [-0.05, 0) is 5.56 Å². The molecule has 1 N–H and O–H groups in total. The fourth-order valence-corrected chi connectivity index (χ4v) is 1.68. The molecular weight excluding hydrogens is 216 g/mol. The van der Waals surface area contributed by atoms with E-state index in [2.05, 4.69) is 11.6 Å². The molecule has 4 nitrogen and oxygen atoms in total. The van der Waals surface area contributed by atoms with E-state index in [0.29, 0.717) is 12.2 Å². The summed E-state index contributed by atoms with van der Waals surface area (Å²) in [4.78, 5) is 25.3. The molecule has 0 bridgehead atoms. The van der Waals surface area contributed by atoms with Gasteiger partial charge in [-0.1, -0.05) is 36.4 Å². The van der Waals surface area contributed by atoms with E-state index in [9.17, 15) is 9.59 Å². The van der Waals surface area contributed by atoms with Gasteiger partial charge in [-0.2, -0.15) is 0 Å². The molecule has 1 aromatic carbocycles. The highest BCUT2D eigenvalue weighted by molar-refractivity contribution is 5.58. The van der Waals surface area contributed by atoms with E-state index >= 15 is 0 Å². The first-order valence-electron chi connectivity index (χ1n) is 5.23. The van der Waals surface area contributed by atoms with Gasteiger partial charge in [0, 0.05) is 12.6 Å². The molecule has 0 amide bonds. The molecule has 0 unspecified atom stereocenters. The zero-order chi connectivity index (χ0) is 12.3. The Kier molecular flexibility index (Phi) is 3.05. The molecule has 17 heavy (non-hydrogen) atoms. The third-order valence-electron chi connectivity index (χ3n) is 2.42. The van der Waals surface area contributed by atoms with Crippen LogP contribution in [0.3, 0.4) is 0 Å². The predicted octanol–water partition coefficient (Wildman–Crippen LogP) is 1.39. The third kappa shape index (κ3) is 2.25. The summed E-state index contributed by atoms with van der Waals surface area (Å²) in [7, 11) is 0. The minimum atomic E-state index is -0.420. The first-order chi connectivity index (χ1) is 8.22. The molecule has 0 spiro atoms. The Hall–Kier alpha value is -2.36. The SMILES string of the molecule is C=CCn1c(-c2ccccc2)cc(=O)[nH]c1=O. The van der Waals surface area contributed by atoms with Crippen LogP contribution in [0.5, 0.6) is 0 Å². The highest BCUT2D eigenvalue weighted by Crippen LogP contribution is 2.15. The average Bonchev–Trinajstić information content (AvgIpc) is 2.33. The van der Waals surface area contributed by atoms with Gasteiger partial charge in [0.1, 0.15) is 0 Å². The molecule has 4 heteroatoms. The molecule has 0 atom stereocenters. The van der Waals surface area contributed by atoms with Gasteiger partial charge < -0.3 is 0 Å². The Labute approximate surface area is 97.9 Å². The highest BCUT2D eigenvalue weighted by atomic mass is 16.2. The highest BCUT2D eigenvalue weighted by Gasteiger charge is 2.06. The average molecular weight is 228 g/mol. The topological polar surface area (TPSA) is 54.9 Å². The summed E-state index contributed by atoms with van der Waals surface area (Å²) in [6.45, 7) is 3.96. The van der Waals surface area contributed by atoms with E-state index in [1.165, 1.54) is 10.6 Å². The number of H-pyrrole nitrogens is 1. The van der Waals surface area contributed by atoms with Gasteiger partial charge in [-0.25, -0.2) is 4.79 Å². The zero-order valence-corrected chi connectivity index (χ0v) is 9.22. The summed E-state index contributed by atoms with van der Waals surface area (Å²) in [5.41, 5.74) is 0.613. The molecule has 0 radical (unpaired) electrons. The van der Waals surface area contributed by atoms with Crippen LogP contribution >= 0.6 is 0 Å². The van der Waals surface area contributed by atoms with Crippen LogP contribution in [0.4, 0.5) is 0 Å². The molecule has 2 rings (SSSR count). The van der Waals surface area contributed by atoms with Crippen molar-refractivity contribution >= 4 is 0 Å². The van der Waals surface area contributed by atoms with Gasteiger partial charge in [-0.3, -0.25) is 14.3 Å². The van der Waals surface area contributed by atoms with Crippen molar-refractivity contribution in [3.05, 3.63) is 69.9 Å². The van der Waals surface area contributed by atoms with Crippen molar-refractivity contribution in [1.29, 1.82) is 0 Å². The molecule has 0 aliphatic rings. The number of benzene rings is 1. The van der Waals surface area contributed by atoms with Crippen LogP contribution in [0.2, 0.25) is 0 Å². The first kappa shape index (κ1) is 11.1. The van der Waals surface area contributed by atoms with Crippen molar-refractivity contribution in [3.63, 3.8) is 0 Å². The van der Waals surface area contributed by atoms with Crippen molar-refractivity contribution in [2.24, 2.45) is 0 Å². The third-order valence-corrected chi connectivity index (χ3v) is 2.42. The standard InChI is InChI=1S/C13H12N2O2/c1-2-8-15-11(9-12(16)14-13(15)17)10-6-4-3-5-7-10/h2-7,9H,1,8H2,(H,14,16,17). The number of aromatic amines is 1. The Morgan fingerprint density at radius 1 is 1.24 bits per heavy atom. The number of rotatable bonds is 3. The van der Waals surface area contributed by atoms with Crippen molar-refractivity contribution < 1.29 is 0 Å². The van der Waals surface area contributed by atoms with Crippen LogP contribution in [-0.4, -0.2) is 9.55 Å². The Balaban J connectivity index is 2.71. The van der Waals surface area contributed by atoms with Crippen LogP contribution in [-0.2, 0) is 6.54 Å². The number of hydrogen-bond donors (Lipinski definition) is 1. The molecule has 0 fully saturated rings. The summed E-state index contributed by atoms with van der Waals surface area (Å²) in [5.74, 6) is 0. The fourth-order valence-electron chi connectivity index (χ4n) is 1.68.